The number of hydrogen-bond donors (Lipinski definition) is 1. The summed E-state index contributed by atoms with van der Waals surface area (Å²) < 4.78 is 0. The number of amidine groups is 1. The number of rotatable bonds is 6. The molecule has 1 atom stereocenters. The molecule has 1 aromatic rings. The lowest BCUT2D eigenvalue weighted by Crippen LogP contribution is -2.45. The summed E-state index contributed by atoms with van der Waals surface area (Å²) >= 11 is 0. The van der Waals surface area contributed by atoms with E-state index in [1.807, 2.05) is 38.3 Å². The van der Waals surface area contributed by atoms with Crippen molar-refractivity contribution < 1.29 is 0 Å². The van der Waals surface area contributed by atoms with Gasteiger partial charge >= 0.3 is 0 Å². The third-order valence-corrected chi connectivity index (χ3v) is 5.86. The third kappa shape index (κ3) is 5.07. The smallest absolute Gasteiger partial charge is 0.114 e. The predicted octanol–water partition coefficient (Wildman–Crippen LogP) is 4.93. The lowest BCUT2D eigenvalue weighted by atomic mass is 9.87. The maximum Gasteiger partial charge on any atom is 0.114 e. The lowest BCUT2D eigenvalue weighted by molar-refractivity contribution is 0.109. The zero-order valence-corrected chi connectivity index (χ0v) is 16.9. The van der Waals surface area contributed by atoms with Crippen LogP contribution in [0.15, 0.2) is 47.2 Å². The van der Waals surface area contributed by atoms with Gasteiger partial charge in [0.25, 0.3) is 0 Å². The highest BCUT2D eigenvalue weighted by Crippen LogP contribution is 2.36. The monoisotopic (exact) mass is 366 g/mol. The van der Waals surface area contributed by atoms with E-state index in [0.717, 1.165) is 18.7 Å². The summed E-state index contributed by atoms with van der Waals surface area (Å²) in [6.07, 6.45) is 18.0. The van der Waals surface area contributed by atoms with Gasteiger partial charge in [-0.3, -0.25) is 9.88 Å². The van der Waals surface area contributed by atoms with Gasteiger partial charge in [0, 0.05) is 12.2 Å². The standard InChI is InChI=1S/C23H34N4/c1-3-10-19(4-2)26-22(24)17-27(20-13-6-5-7-14-20)21-15-8-11-18-12-9-16-25-23(18)21/h3-4,9-10,12,16,20-21H,5-8,11,13-15,17H2,1-2H3,(H2,24,26)/b10-3-,19-4+. The molecular weight excluding hydrogens is 332 g/mol. The first-order chi connectivity index (χ1) is 13.2. The van der Waals surface area contributed by atoms with Crippen molar-refractivity contribution in [3.63, 3.8) is 0 Å². The van der Waals surface area contributed by atoms with E-state index in [1.165, 1.54) is 56.2 Å². The minimum atomic E-state index is 0.363. The summed E-state index contributed by atoms with van der Waals surface area (Å²) in [6, 6.07) is 5.26. The molecule has 146 valence electrons. The number of nitrogens with two attached hydrogens (primary N) is 1. The van der Waals surface area contributed by atoms with E-state index in [0.29, 0.717) is 17.9 Å². The fourth-order valence-corrected chi connectivity index (χ4v) is 4.57. The number of hydrogen-bond acceptors (Lipinski definition) is 3. The average molecular weight is 367 g/mol. The number of allylic oxidation sites excluding steroid dienone is 3. The van der Waals surface area contributed by atoms with E-state index >= 15 is 0 Å². The van der Waals surface area contributed by atoms with Crippen LogP contribution in [0.25, 0.3) is 0 Å². The Labute approximate surface area is 164 Å². The van der Waals surface area contributed by atoms with E-state index in [4.69, 9.17) is 10.7 Å². The second kappa shape index (κ2) is 9.84. The zero-order chi connectivity index (χ0) is 19.1. The molecule has 1 fully saturated rings. The predicted molar refractivity (Wildman–Crippen MR) is 114 cm³/mol. The first kappa shape index (κ1) is 19.8. The molecule has 4 heteroatoms. The van der Waals surface area contributed by atoms with Crippen LogP contribution in [0, 0.1) is 0 Å². The van der Waals surface area contributed by atoms with Crippen LogP contribution in [0.2, 0.25) is 0 Å². The summed E-state index contributed by atoms with van der Waals surface area (Å²) in [4.78, 5) is 12.1. The van der Waals surface area contributed by atoms with Crippen LogP contribution in [0.3, 0.4) is 0 Å². The minimum Gasteiger partial charge on any atom is -0.386 e. The summed E-state index contributed by atoms with van der Waals surface area (Å²) in [5, 5.41) is 0. The van der Waals surface area contributed by atoms with Gasteiger partial charge in [-0.2, -0.15) is 0 Å². The van der Waals surface area contributed by atoms with E-state index in [9.17, 15) is 0 Å². The van der Waals surface area contributed by atoms with E-state index in [2.05, 4.69) is 22.0 Å². The van der Waals surface area contributed by atoms with Crippen LogP contribution in [0.1, 0.15) is 76.1 Å². The quantitative estimate of drug-likeness (QED) is 0.441. The second-order valence-electron chi connectivity index (χ2n) is 7.74. The van der Waals surface area contributed by atoms with Crippen molar-refractivity contribution in [1.29, 1.82) is 0 Å². The molecule has 2 aliphatic rings. The Bertz CT molecular complexity index is 698. The van der Waals surface area contributed by atoms with Crippen LogP contribution < -0.4 is 5.73 Å². The Morgan fingerprint density at radius 3 is 2.78 bits per heavy atom. The van der Waals surface area contributed by atoms with Crippen LogP contribution >= 0.6 is 0 Å². The van der Waals surface area contributed by atoms with Crippen LogP contribution in [0.5, 0.6) is 0 Å². The number of fused-ring (bicyclic) bond motifs is 1. The van der Waals surface area contributed by atoms with Crippen molar-refractivity contribution >= 4 is 5.84 Å². The van der Waals surface area contributed by atoms with Crippen molar-refractivity contribution in [2.75, 3.05) is 6.54 Å². The van der Waals surface area contributed by atoms with Crippen molar-refractivity contribution in [1.82, 2.24) is 9.88 Å². The highest BCUT2D eigenvalue weighted by atomic mass is 15.2. The van der Waals surface area contributed by atoms with Gasteiger partial charge < -0.3 is 5.73 Å². The molecule has 27 heavy (non-hydrogen) atoms. The SMILES string of the molecule is C/C=C\C(=C/C)N=C(N)CN(C1CCCCC1)C1CCCc2cccnc21. The number of aryl methyl sites for hydroxylation is 1. The fourth-order valence-electron chi connectivity index (χ4n) is 4.57. The largest absolute Gasteiger partial charge is 0.386 e. The van der Waals surface area contributed by atoms with Gasteiger partial charge in [0.05, 0.1) is 24.0 Å². The average Bonchev–Trinajstić information content (AvgIpc) is 2.72. The third-order valence-electron chi connectivity index (χ3n) is 5.86. The minimum absolute atomic E-state index is 0.363. The van der Waals surface area contributed by atoms with Gasteiger partial charge in [-0.15, -0.1) is 0 Å². The molecule has 3 rings (SSSR count). The topological polar surface area (TPSA) is 54.5 Å². The zero-order valence-electron chi connectivity index (χ0n) is 16.9. The Morgan fingerprint density at radius 1 is 1.22 bits per heavy atom. The normalized spacial score (nSPS) is 22.4. The van der Waals surface area contributed by atoms with E-state index in [-0.39, 0.29) is 0 Å². The van der Waals surface area contributed by atoms with Gasteiger partial charge in [0.2, 0.25) is 0 Å². The van der Waals surface area contributed by atoms with Gasteiger partial charge in [-0.1, -0.05) is 37.5 Å². The highest BCUT2D eigenvalue weighted by molar-refractivity contribution is 5.83. The lowest BCUT2D eigenvalue weighted by Gasteiger charge is -2.41. The van der Waals surface area contributed by atoms with Crippen molar-refractivity contribution in [2.24, 2.45) is 10.7 Å². The van der Waals surface area contributed by atoms with Crippen molar-refractivity contribution in [3.05, 3.63) is 53.5 Å². The second-order valence-corrected chi connectivity index (χ2v) is 7.74. The summed E-state index contributed by atoms with van der Waals surface area (Å²) in [5.74, 6) is 0.704. The Kier molecular flexibility index (Phi) is 7.22. The maximum atomic E-state index is 6.43. The van der Waals surface area contributed by atoms with Crippen LogP contribution in [0.4, 0.5) is 0 Å². The first-order valence-electron chi connectivity index (χ1n) is 10.5. The van der Waals surface area contributed by atoms with Crippen molar-refractivity contribution in [3.8, 4) is 0 Å². The molecule has 0 saturated heterocycles. The summed E-state index contributed by atoms with van der Waals surface area (Å²) in [6.45, 7) is 4.74. The number of pyridine rings is 1. The summed E-state index contributed by atoms with van der Waals surface area (Å²) in [7, 11) is 0. The molecule has 2 N–H and O–H groups in total. The molecule has 2 aliphatic carbocycles. The Hall–Kier alpha value is -1.94. The molecule has 0 aromatic carbocycles. The molecule has 1 unspecified atom stereocenters. The molecule has 4 nitrogen and oxygen atoms in total. The fraction of sp³-hybridized carbons (Fsp3) is 0.565. The molecule has 0 spiro atoms. The Morgan fingerprint density at radius 2 is 2.04 bits per heavy atom. The highest BCUT2D eigenvalue weighted by Gasteiger charge is 2.32. The van der Waals surface area contributed by atoms with Gasteiger partial charge in [0.1, 0.15) is 5.84 Å². The Balaban J connectivity index is 1.87. The van der Waals surface area contributed by atoms with Crippen LogP contribution in [-0.2, 0) is 6.42 Å². The number of nitrogens with zero attached hydrogens (tertiary/aromatic N) is 3. The molecule has 1 saturated carbocycles. The number of aliphatic imine (C=N–C) groups is 1. The van der Waals surface area contributed by atoms with E-state index < -0.39 is 0 Å². The number of aromatic nitrogens is 1. The molecule has 0 aliphatic heterocycles. The van der Waals surface area contributed by atoms with E-state index in [1.54, 1.807) is 0 Å². The summed E-state index contributed by atoms with van der Waals surface area (Å²) in [5.41, 5.74) is 10.0. The molecular formula is C23H34N4. The van der Waals surface area contributed by atoms with Gasteiger partial charge in [-0.05, 0) is 63.7 Å². The van der Waals surface area contributed by atoms with Gasteiger partial charge in [0.15, 0.2) is 0 Å². The molecule has 0 radical (unpaired) electrons. The maximum absolute atomic E-state index is 6.43. The molecule has 0 bridgehead atoms. The van der Waals surface area contributed by atoms with Crippen molar-refractivity contribution in [2.45, 2.75) is 77.3 Å². The molecule has 1 aromatic heterocycles. The molecule has 0 amide bonds. The van der Waals surface area contributed by atoms with Crippen LogP contribution in [-0.4, -0.2) is 28.3 Å². The first-order valence-corrected chi connectivity index (χ1v) is 10.5. The molecule has 1 heterocycles. The van der Waals surface area contributed by atoms with Gasteiger partial charge in [-0.25, -0.2) is 4.99 Å².